The second-order valence-corrected chi connectivity index (χ2v) is 4.31. The van der Waals surface area contributed by atoms with Crippen molar-refractivity contribution in [1.29, 1.82) is 0 Å². The zero-order chi connectivity index (χ0) is 12.1. The van der Waals surface area contributed by atoms with E-state index in [2.05, 4.69) is 23.5 Å². The van der Waals surface area contributed by atoms with Crippen molar-refractivity contribution in [2.24, 2.45) is 5.10 Å². The zero-order valence-corrected chi connectivity index (χ0v) is 10.2. The summed E-state index contributed by atoms with van der Waals surface area (Å²) in [6, 6.07) is 8.06. The summed E-state index contributed by atoms with van der Waals surface area (Å²) in [6.45, 7) is 2.11. The first-order valence-corrected chi connectivity index (χ1v) is 6.25. The largest absolute Gasteiger partial charge is 0.293 e. The fraction of sp³-hybridized carbons (Fsp3) is 0.429. The van der Waals surface area contributed by atoms with E-state index >= 15 is 0 Å². The molecule has 1 aliphatic rings. The van der Waals surface area contributed by atoms with Gasteiger partial charge in [0.1, 0.15) is 5.71 Å². The minimum absolute atomic E-state index is 0.192. The van der Waals surface area contributed by atoms with Gasteiger partial charge >= 0.3 is 0 Å². The summed E-state index contributed by atoms with van der Waals surface area (Å²) in [5.74, 6) is 0.192. The number of Topliss-reactive ketones (excluding diaryl/α,β-unsaturated/α-hetero) is 1. The lowest BCUT2D eigenvalue weighted by Crippen LogP contribution is -2.19. The molecule has 3 nitrogen and oxygen atoms in total. The van der Waals surface area contributed by atoms with Gasteiger partial charge in [0.05, 0.1) is 5.69 Å². The number of aryl methyl sites for hydroxylation is 1. The summed E-state index contributed by atoms with van der Waals surface area (Å²) in [4.78, 5) is 11.6. The Morgan fingerprint density at radius 2 is 2.00 bits per heavy atom. The van der Waals surface area contributed by atoms with E-state index in [4.69, 9.17) is 0 Å². The first-order chi connectivity index (χ1) is 8.31. The number of nitrogens with zero attached hydrogens (tertiary/aromatic N) is 1. The predicted molar refractivity (Wildman–Crippen MR) is 70.4 cm³/mol. The van der Waals surface area contributed by atoms with Crippen LogP contribution in [0.3, 0.4) is 0 Å². The Morgan fingerprint density at radius 3 is 2.76 bits per heavy atom. The van der Waals surface area contributed by atoms with Crippen molar-refractivity contribution < 1.29 is 4.79 Å². The molecule has 0 saturated heterocycles. The van der Waals surface area contributed by atoms with Gasteiger partial charge in [-0.2, -0.15) is 5.10 Å². The maximum Gasteiger partial charge on any atom is 0.178 e. The fourth-order valence-corrected chi connectivity index (χ4v) is 2.05. The van der Waals surface area contributed by atoms with Crippen molar-refractivity contribution in [1.82, 2.24) is 0 Å². The number of nitrogens with one attached hydrogen (secondary N) is 1. The van der Waals surface area contributed by atoms with Crippen LogP contribution >= 0.6 is 0 Å². The number of ketones is 1. The van der Waals surface area contributed by atoms with Crippen LogP contribution in [-0.4, -0.2) is 11.5 Å². The number of carbonyl (C=O) groups is 1. The summed E-state index contributed by atoms with van der Waals surface area (Å²) >= 11 is 0. The van der Waals surface area contributed by atoms with Crippen molar-refractivity contribution >= 4 is 17.2 Å². The van der Waals surface area contributed by atoms with Crippen LogP contribution in [0.1, 0.15) is 38.2 Å². The third-order valence-corrected chi connectivity index (χ3v) is 3.10. The molecule has 1 N–H and O–H groups in total. The zero-order valence-electron chi connectivity index (χ0n) is 10.2. The molecular formula is C14H18N2O. The Bertz CT molecular complexity index is 438. The molecule has 0 atom stereocenters. The number of hydrogen-bond donors (Lipinski definition) is 1. The molecule has 90 valence electrons. The van der Waals surface area contributed by atoms with Crippen LogP contribution in [0.4, 0.5) is 5.69 Å². The predicted octanol–water partition coefficient (Wildman–Crippen LogP) is 3.16. The van der Waals surface area contributed by atoms with Gasteiger partial charge in [-0.25, -0.2) is 0 Å². The smallest absolute Gasteiger partial charge is 0.178 e. The van der Waals surface area contributed by atoms with Crippen molar-refractivity contribution in [3.05, 3.63) is 29.8 Å². The van der Waals surface area contributed by atoms with Gasteiger partial charge in [0.15, 0.2) is 5.78 Å². The SMILES string of the molecule is CCc1ccccc1N/N=C1\CCCCC1=O. The van der Waals surface area contributed by atoms with E-state index < -0.39 is 0 Å². The van der Waals surface area contributed by atoms with Gasteiger partial charge in [-0.05, 0) is 37.3 Å². The van der Waals surface area contributed by atoms with Gasteiger partial charge < -0.3 is 0 Å². The lowest BCUT2D eigenvalue weighted by atomic mass is 9.97. The highest BCUT2D eigenvalue weighted by Crippen LogP contribution is 2.17. The van der Waals surface area contributed by atoms with E-state index in [1.54, 1.807) is 0 Å². The third kappa shape index (κ3) is 2.93. The van der Waals surface area contributed by atoms with Crippen LogP contribution in [0.25, 0.3) is 0 Å². The van der Waals surface area contributed by atoms with Crippen molar-refractivity contribution in [2.75, 3.05) is 5.43 Å². The van der Waals surface area contributed by atoms with Gasteiger partial charge in [-0.15, -0.1) is 0 Å². The molecule has 0 heterocycles. The Balaban J connectivity index is 2.10. The number of benzene rings is 1. The molecule has 1 aromatic carbocycles. The van der Waals surface area contributed by atoms with Gasteiger partial charge in [-0.1, -0.05) is 25.1 Å². The van der Waals surface area contributed by atoms with E-state index in [0.29, 0.717) is 12.1 Å². The van der Waals surface area contributed by atoms with Gasteiger partial charge in [-0.3, -0.25) is 10.2 Å². The summed E-state index contributed by atoms with van der Waals surface area (Å²) in [5, 5.41) is 4.26. The lowest BCUT2D eigenvalue weighted by molar-refractivity contribution is -0.113. The molecule has 1 fully saturated rings. The number of carbonyl (C=O) groups excluding carboxylic acids is 1. The van der Waals surface area contributed by atoms with Crippen molar-refractivity contribution in [3.63, 3.8) is 0 Å². The van der Waals surface area contributed by atoms with Crippen LogP contribution in [0, 0.1) is 0 Å². The summed E-state index contributed by atoms with van der Waals surface area (Å²) in [7, 11) is 0. The average molecular weight is 230 g/mol. The normalized spacial score (nSPS) is 18.4. The first-order valence-electron chi connectivity index (χ1n) is 6.25. The van der Waals surface area contributed by atoms with Crippen molar-refractivity contribution in [2.45, 2.75) is 39.0 Å². The minimum Gasteiger partial charge on any atom is -0.293 e. The second-order valence-electron chi connectivity index (χ2n) is 4.31. The third-order valence-electron chi connectivity index (χ3n) is 3.10. The highest BCUT2D eigenvalue weighted by molar-refractivity contribution is 6.40. The van der Waals surface area contributed by atoms with Crippen molar-refractivity contribution in [3.8, 4) is 0 Å². The Hall–Kier alpha value is -1.64. The number of para-hydroxylation sites is 1. The topological polar surface area (TPSA) is 41.5 Å². The molecule has 0 spiro atoms. The highest BCUT2D eigenvalue weighted by Gasteiger charge is 2.16. The van der Waals surface area contributed by atoms with Gasteiger partial charge in [0, 0.05) is 6.42 Å². The Morgan fingerprint density at radius 1 is 1.24 bits per heavy atom. The Labute approximate surface area is 102 Å². The van der Waals surface area contributed by atoms with E-state index in [1.165, 1.54) is 5.56 Å². The van der Waals surface area contributed by atoms with E-state index in [0.717, 1.165) is 31.4 Å². The van der Waals surface area contributed by atoms with Crippen LogP contribution in [-0.2, 0) is 11.2 Å². The molecule has 1 aliphatic carbocycles. The number of hydrazone groups is 1. The molecule has 0 amide bonds. The molecule has 0 unspecified atom stereocenters. The number of anilines is 1. The lowest BCUT2D eigenvalue weighted by Gasteiger charge is -2.12. The number of rotatable bonds is 3. The van der Waals surface area contributed by atoms with Gasteiger partial charge in [0.2, 0.25) is 0 Å². The average Bonchev–Trinajstić information content (AvgIpc) is 2.38. The first kappa shape index (κ1) is 11.8. The molecule has 0 radical (unpaired) electrons. The van der Waals surface area contributed by atoms with Crippen LogP contribution in [0.15, 0.2) is 29.4 Å². The van der Waals surface area contributed by atoms with E-state index in [-0.39, 0.29) is 5.78 Å². The summed E-state index contributed by atoms with van der Waals surface area (Å²) in [6.07, 6.45) is 4.49. The van der Waals surface area contributed by atoms with Crippen LogP contribution in [0.2, 0.25) is 0 Å². The van der Waals surface area contributed by atoms with Gasteiger partial charge in [0.25, 0.3) is 0 Å². The summed E-state index contributed by atoms with van der Waals surface area (Å²) < 4.78 is 0. The fourth-order valence-electron chi connectivity index (χ4n) is 2.05. The molecular weight excluding hydrogens is 212 g/mol. The molecule has 17 heavy (non-hydrogen) atoms. The monoisotopic (exact) mass is 230 g/mol. The van der Waals surface area contributed by atoms with E-state index in [9.17, 15) is 4.79 Å². The second kappa shape index (κ2) is 5.62. The molecule has 0 aromatic heterocycles. The molecule has 1 saturated carbocycles. The molecule has 0 aliphatic heterocycles. The van der Waals surface area contributed by atoms with Crippen LogP contribution in [0.5, 0.6) is 0 Å². The maximum absolute atomic E-state index is 11.6. The van der Waals surface area contributed by atoms with Crippen LogP contribution < -0.4 is 5.43 Å². The molecule has 3 heteroatoms. The molecule has 2 rings (SSSR count). The van der Waals surface area contributed by atoms with E-state index in [1.807, 2.05) is 18.2 Å². The summed E-state index contributed by atoms with van der Waals surface area (Å²) in [5.41, 5.74) is 5.95. The quantitative estimate of drug-likeness (QED) is 0.810. The standard InChI is InChI=1S/C14H18N2O/c1-2-11-7-3-4-8-12(11)15-16-13-9-5-6-10-14(13)17/h3-4,7-8,15H,2,5-6,9-10H2,1H3/b16-13+. The Kier molecular flexibility index (Phi) is 3.91. The minimum atomic E-state index is 0.192. The highest BCUT2D eigenvalue weighted by atomic mass is 16.1. The molecule has 1 aromatic rings. The maximum atomic E-state index is 11.6. The molecule has 0 bridgehead atoms. The number of hydrogen-bond acceptors (Lipinski definition) is 3.